The van der Waals surface area contributed by atoms with Gasteiger partial charge in [0.25, 0.3) is 0 Å². The summed E-state index contributed by atoms with van der Waals surface area (Å²) in [4.78, 5) is 4.38. The predicted molar refractivity (Wildman–Crippen MR) is 83.1 cm³/mol. The molecule has 1 heterocycles. The lowest BCUT2D eigenvalue weighted by atomic mass is 10.0. The van der Waals surface area contributed by atoms with Crippen molar-refractivity contribution in [3.8, 4) is 5.75 Å². The zero-order valence-electron chi connectivity index (χ0n) is 12.1. The zero-order valence-corrected chi connectivity index (χ0v) is 12.9. The zero-order chi connectivity index (χ0) is 14.5. The third-order valence-electron chi connectivity index (χ3n) is 3.29. The summed E-state index contributed by atoms with van der Waals surface area (Å²) >= 11 is 1.70. The lowest BCUT2D eigenvalue weighted by Crippen LogP contribution is -2.26. The van der Waals surface area contributed by atoms with Crippen LogP contribution in [-0.4, -0.2) is 22.7 Å². The Morgan fingerprint density at radius 2 is 2.25 bits per heavy atom. The van der Waals surface area contributed by atoms with Crippen molar-refractivity contribution in [2.45, 2.75) is 29.8 Å². The van der Waals surface area contributed by atoms with Gasteiger partial charge in [-0.25, -0.2) is 4.98 Å². The van der Waals surface area contributed by atoms with Crippen LogP contribution in [0.4, 0.5) is 0 Å². The smallest absolute Gasteiger partial charge is 0.168 e. The summed E-state index contributed by atoms with van der Waals surface area (Å²) in [5.41, 5.74) is 7.48. The summed E-state index contributed by atoms with van der Waals surface area (Å²) in [6, 6.07) is 8.17. The molecule has 1 aromatic heterocycles. The highest BCUT2D eigenvalue weighted by molar-refractivity contribution is 7.99. The van der Waals surface area contributed by atoms with Crippen LogP contribution in [0.3, 0.4) is 0 Å². The van der Waals surface area contributed by atoms with E-state index in [1.165, 1.54) is 5.56 Å². The predicted octanol–water partition coefficient (Wildman–Crippen LogP) is 3.00. The number of methoxy groups -OCH3 is 1. The van der Waals surface area contributed by atoms with Crippen LogP contribution >= 0.6 is 11.8 Å². The van der Waals surface area contributed by atoms with E-state index in [9.17, 15) is 0 Å². The number of hydrogen-bond acceptors (Lipinski definition) is 4. The lowest BCUT2D eigenvalue weighted by Gasteiger charge is -2.23. The second-order valence-electron chi connectivity index (χ2n) is 4.71. The maximum Gasteiger partial charge on any atom is 0.168 e. The first-order valence-electron chi connectivity index (χ1n) is 6.69. The average molecular weight is 291 g/mol. The van der Waals surface area contributed by atoms with Crippen molar-refractivity contribution in [2.24, 2.45) is 12.8 Å². The van der Waals surface area contributed by atoms with Gasteiger partial charge in [-0.2, -0.15) is 0 Å². The number of thioether (sulfide) groups is 1. The van der Waals surface area contributed by atoms with Crippen molar-refractivity contribution in [2.75, 3.05) is 7.11 Å². The molecule has 0 bridgehead atoms. The van der Waals surface area contributed by atoms with Crippen LogP contribution in [-0.2, 0) is 7.05 Å². The number of aryl methyl sites for hydroxylation is 1. The summed E-state index contributed by atoms with van der Waals surface area (Å²) in [6.07, 6.45) is 4.67. The average Bonchev–Trinajstić information content (AvgIpc) is 2.89. The second kappa shape index (κ2) is 6.81. The van der Waals surface area contributed by atoms with Crippen molar-refractivity contribution in [1.29, 1.82) is 0 Å². The van der Waals surface area contributed by atoms with Crippen molar-refractivity contribution < 1.29 is 4.74 Å². The highest BCUT2D eigenvalue weighted by Gasteiger charge is 2.22. The van der Waals surface area contributed by atoms with E-state index in [-0.39, 0.29) is 11.3 Å². The van der Waals surface area contributed by atoms with Crippen LogP contribution in [0.1, 0.15) is 24.2 Å². The summed E-state index contributed by atoms with van der Waals surface area (Å²) in [5.74, 6) is 0.858. The van der Waals surface area contributed by atoms with Crippen molar-refractivity contribution in [3.05, 3.63) is 42.2 Å². The van der Waals surface area contributed by atoms with Gasteiger partial charge in [0.15, 0.2) is 5.16 Å². The number of ether oxygens (including phenoxy) is 1. The number of nitrogens with two attached hydrogens (primary N) is 1. The molecular formula is C15H21N3OS. The molecule has 1 aromatic carbocycles. The summed E-state index contributed by atoms with van der Waals surface area (Å²) in [5, 5.41) is 1.14. The topological polar surface area (TPSA) is 53.1 Å². The van der Waals surface area contributed by atoms with Gasteiger partial charge in [-0.05, 0) is 24.1 Å². The standard InChI is InChI=1S/C15H21N3OS/c1-4-13(16)14(20-15-17-8-9-18(15)2)11-6-5-7-12(10-11)19-3/h5-10,13-14H,4,16H2,1-3H3. The molecule has 0 aliphatic rings. The Kier molecular flexibility index (Phi) is 5.09. The van der Waals surface area contributed by atoms with Crippen LogP contribution in [0.2, 0.25) is 0 Å². The van der Waals surface area contributed by atoms with E-state index >= 15 is 0 Å². The SMILES string of the molecule is CCC(N)C(Sc1nccn1C)c1cccc(OC)c1. The van der Waals surface area contributed by atoms with Gasteiger partial charge < -0.3 is 15.0 Å². The van der Waals surface area contributed by atoms with Gasteiger partial charge in [0.1, 0.15) is 5.75 Å². The van der Waals surface area contributed by atoms with Crippen LogP contribution in [0.5, 0.6) is 5.75 Å². The molecule has 0 saturated heterocycles. The number of rotatable bonds is 6. The second-order valence-corrected chi connectivity index (χ2v) is 5.82. The number of imidazole rings is 1. The molecule has 20 heavy (non-hydrogen) atoms. The number of hydrogen-bond donors (Lipinski definition) is 1. The molecule has 0 fully saturated rings. The lowest BCUT2D eigenvalue weighted by molar-refractivity contribution is 0.414. The molecule has 0 aliphatic carbocycles. The molecule has 108 valence electrons. The first-order valence-corrected chi connectivity index (χ1v) is 7.57. The third kappa shape index (κ3) is 3.35. The van der Waals surface area contributed by atoms with E-state index in [1.54, 1.807) is 18.9 Å². The van der Waals surface area contributed by atoms with Crippen LogP contribution in [0.15, 0.2) is 41.8 Å². The fraction of sp³-hybridized carbons (Fsp3) is 0.400. The van der Waals surface area contributed by atoms with E-state index in [1.807, 2.05) is 36.1 Å². The van der Waals surface area contributed by atoms with Crippen molar-refractivity contribution in [1.82, 2.24) is 9.55 Å². The largest absolute Gasteiger partial charge is 0.497 e. The summed E-state index contributed by atoms with van der Waals surface area (Å²) in [6.45, 7) is 2.11. The molecule has 2 aromatic rings. The van der Waals surface area contributed by atoms with Crippen LogP contribution in [0, 0.1) is 0 Å². The molecule has 2 atom stereocenters. The molecule has 0 amide bonds. The molecule has 2 N–H and O–H groups in total. The minimum atomic E-state index is 0.0730. The van der Waals surface area contributed by atoms with Crippen LogP contribution < -0.4 is 10.5 Å². The fourth-order valence-corrected chi connectivity index (χ4v) is 3.24. The van der Waals surface area contributed by atoms with E-state index in [4.69, 9.17) is 10.5 Å². The van der Waals surface area contributed by atoms with Gasteiger partial charge >= 0.3 is 0 Å². The third-order valence-corrected chi connectivity index (χ3v) is 4.77. The van der Waals surface area contributed by atoms with Gasteiger partial charge in [0.2, 0.25) is 0 Å². The van der Waals surface area contributed by atoms with E-state index in [2.05, 4.69) is 24.0 Å². The van der Waals surface area contributed by atoms with Crippen molar-refractivity contribution in [3.63, 3.8) is 0 Å². The Balaban J connectivity index is 2.29. The summed E-state index contributed by atoms with van der Waals surface area (Å²) in [7, 11) is 3.68. The normalized spacial score (nSPS) is 14.0. The van der Waals surface area contributed by atoms with E-state index in [0.717, 1.165) is 17.3 Å². The minimum Gasteiger partial charge on any atom is -0.497 e. The Morgan fingerprint density at radius 3 is 2.85 bits per heavy atom. The van der Waals surface area contributed by atoms with Gasteiger partial charge in [-0.3, -0.25) is 0 Å². The maximum absolute atomic E-state index is 6.31. The Bertz CT molecular complexity index is 556. The maximum atomic E-state index is 6.31. The van der Waals surface area contributed by atoms with Gasteiger partial charge in [0, 0.05) is 25.5 Å². The first-order chi connectivity index (χ1) is 9.65. The highest BCUT2D eigenvalue weighted by atomic mass is 32.2. The molecule has 0 saturated carbocycles. The number of aromatic nitrogens is 2. The molecule has 4 nitrogen and oxygen atoms in total. The fourth-order valence-electron chi connectivity index (χ4n) is 2.01. The van der Waals surface area contributed by atoms with Crippen LogP contribution in [0.25, 0.3) is 0 Å². The summed E-state index contributed by atoms with van der Waals surface area (Å²) < 4.78 is 7.32. The van der Waals surface area contributed by atoms with E-state index < -0.39 is 0 Å². The molecule has 2 rings (SSSR count). The first kappa shape index (κ1) is 14.9. The Labute approximate surface area is 124 Å². The van der Waals surface area contributed by atoms with Crippen molar-refractivity contribution >= 4 is 11.8 Å². The molecular weight excluding hydrogens is 270 g/mol. The molecule has 2 unspecified atom stereocenters. The molecule has 5 heteroatoms. The van der Waals surface area contributed by atoms with Gasteiger partial charge in [0.05, 0.1) is 12.4 Å². The quantitative estimate of drug-likeness (QED) is 0.831. The minimum absolute atomic E-state index is 0.0730. The highest BCUT2D eigenvalue weighted by Crippen LogP contribution is 2.38. The molecule has 0 spiro atoms. The van der Waals surface area contributed by atoms with Gasteiger partial charge in [-0.15, -0.1) is 0 Å². The van der Waals surface area contributed by atoms with Gasteiger partial charge in [-0.1, -0.05) is 30.8 Å². The molecule has 0 aliphatic heterocycles. The van der Waals surface area contributed by atoms with E-state index in [0.29, 0.717) is 0 Å². The molecule has 0 radical (unpaired) electrons. The Hall–Kier alpha value is -1.46. The Morgan fingerprint density at radius 1 is 1.45 bits per heavy atom. The number of nitrogens with zero attached hydrogens (tertiary/aromatic N) is 2. The monoisotopic (exact) mass is 291 g/mol. The number of benzene rings is 1.